The number of halogens is 1. The largest absolute Gasteiger partial charge is 0.480 e. The molecule has 20 nitrogen and oxygen atoms in total. The summed E-state index contributed by atoms with van der Waals surface area (Å²) in [5, 5.41) is 28.1. The zero-order valence-electron chi connectivity index (χ0n) is 23.8. The van der Waals surface area contributed by atoms with E-state index in [2.05, 4.69) is 20.9 Å². The lowest BCUT2D eigenvalue weighted by Crippen LogP contribution is -2.60. The Morgan fingerprint density at radius 2 is 1.64 bits per heavy atom. The average molecular weight is 674 g/mol. The maximum absolute atomic E-state index is 13.0. The van der Waals surface area contributed by atoms with Crippen molar-refractivity contribution in [2.75, 3.05) is 31.9 Å². The topological polar surface area (TPSA) is 339 Å². The third kappa shape index (κ3) is 14.1. The fourth-order valence-electron chi connectivity index (χ4n) is 4.06. The lowest BCUT2D eigenvalue weighted by molar-refractivity contribution is -0.150. The highest BCUT2D eigenvalue weighted by molar-refractivity contribution is 7.85. The van der Waals surface area contributed by atoms with Gasteiger partial charge < -0.3 is 53.6 Å². The summed E-state index contributed by atoms with van der Waals surface area (Å²) in [7, 11) is -4.89. The van der Waals surface area contributed by atoms with E-state index in [4.69, 9.17) is 17.2 Å². The second-order valence-electron chi connectivity index (χ2n) is 9.61. The zero-order valence-corrected chi connectivity index (χ0v) is 25.4. The Morgan fingerprint density at radius 1 is 1.02 bits per heavy atom. The van der Waals surface area contributed by atoms with Crippen molar-refractivity contribution in [3.05, 3.63) is 0 Å². The maximum atomic E-state index is 13.0. The molecule has 1 aliphatic heterocycles. The number of nitrogens with one attached hydrogen (secondary N) is 4. The second kappa shape index (κ2) is 18.8. The summed E-state index contributed by atoms with van der Waals surface area (Å²) in [6.45, 7) is 0.0276. The first kappa shape index (κ1) is 40.2. The molecule has 22 heteroatoms. The molecule has 252 valence electrons. The first-order valence-electron chi connectivity index (χ1n) is 13.1. The molecular weight excluding hydrogens is 634 g/mol. The average Bonchev–Trinajstić information content (AvgIpc) is 3.40. The Labute approximate surface area is 259 Å². The van der Waals surface area contributed by atoms with Gasteiger partial charge in [-0.2, -0.15) is 8.42 Å². The van der Waals surface area contributed by atoms with Crippen LogP contribution in [-0.2, 0) is 38.9 Å². The van der Waals surface area contributed by atoms with Gasteiger partial charge in [0.25, 0.3) is 10.1 Å². The number of hydrogen-bond donors (Lipinski definition) is 10. The van der Waals surface area contributed by atoms with E-state index in [1.165, 1.54) is 0 Å². The predicted octanol–water partition coefficient (Wildman–Crippen LogP) is -5.66. The van der Waals surface area contributed by atoms with Crippen LogP contribution in [-0.4, -0.2) is 132 Å². The molecule has 1 rings (SSSR count). The smallest absolute Gasteiger partial charge is 0.326 e. The van der Waals surface area contributed by atoms with Crippen LogP contribution >= 0.6 is 12.4 Å². The van der Waals surface area contributed by atoms with Crippen LogP contribution in [0, 0.1) is 0 Å². The summed E-state index contributed by atoms with van der Waals surface area (Å²) in [4.78, 5) is 78.9. The number of guanidine groups is 1. The molecule has 0 saturated carbocycles. The van der Waals surface area contributed by atoms with Gasteiger partial charge in [-0.1, -0.05) is 0 Å². The molecule has 0 aromatic heterocycles. The van der Waals surface area contributed by atoms with Crippen LogP contribution in [0.1, 0.15) is 32.6 Å². The minimum atomic E-state index is -4.89. The van der Waals surface area contributed by atoms with Gasteiger partial charge in [-0.15, -0.1) is 12.4 Å². The van der Waals surface area contributed by atoms with Crippen LogP contribution in [0.4, 0.5) is 0 Å². The number of carbonyl (C=O) groups is 6. The van der Waals surface area contributed by atoms with E-state index in [9.17, 15) is 52.0 Å². The van der Waals surface area contributed by atoms with Crippen molar-refractivity contribution in [2.24, 2.45) is 22.2 Å². The SMILES string of the molecule is C[C@@H](O)[C@H](NC(=O)[C@H](CS(=O)(=O)O)NC(=O)CNC(=O)[C@H](CCCN=C(N)N)NC(=O)CN)C(=O)N1CCC[C@H]1C(=O)O.Cl. The summed E-state index contributed by atoms with van der Waals surface area (Å²) in [5.74, 6) is -7.71. The van der Waals surface area contributed by atoms with Gasteiger partial charge in [-0.25, -0.2) is 4.79 Å². The Bertz CT molecular complexity index is 1180. The van der Waals surface area contributed by atoms with Crippen molar-refractivity contribution in [3.8, 4) is 0 Å². The van der Waals surface area contributed by atoms with E-state index in [1.54, 1.807) is 0 Å². The molecule has 0 bridgehead atoms. The minimum absolute atomic E-state index is 0. The number of nitrogens with zero attached hydrogens (tertiary/aromatic N) is 2. The number of carboxylic acids is 1. The van der Waals surface area contributed by atoms with Crippen molar-refractivity contribution in [1.82, 2.24) is 26.2 Å². The van der Waals surface area contributed by atoms with Gasteiger partial charge in [0, 0.05) is 13.1 Å². The van der Waals surface area contributed by atoms with Gasteiger partial charge in [0.2, 0.25) is 29.5 Å². The number of carbonyl (C=O) groups excluding carboxylic acids is 5. The number of hydrogen-bond acceptors (Lipinski definition) is 11. The fraction of sp³-hybridized carbons (Fsp3) is 0.682. The minimum Gasteiger partial charge on any atom is -0.480 e. The normalized spacial score (nSPS) is 17.1. The molecule has 1 saturated heterocycles. The van der Waals surface area contributed by atoms with E-state index in [-0.39, 0.29) is 50.7 Å². The first-order valence-corrected chi connectivity index (χ1v) is 14.7. The van der Waals surface area contributed by atoms with Gasteiger partial charge in [0.15, 0.2) is 5.96 Å². The Morgan fingerprint density at radius 3 is 2.16 bits per heavy atom. The van der Waals surface area contributed by atoms with Crippen LogP contribution in [0.3, 0.4) is 0 Å². The third-order valence-electron chi connectivity index (χ3n) is 6.10. The predicted molar refractivity (Wildman–Crippen MR) is 155 cm³/mol. The lowest BCUT2D eigenvalue weighted by atomic mass is 10.1. The number of rotatable bonds is 17. The van der Waals surface area contributed by atoms with Crippen LogP contribution in [0.15, 0.2) is 4.99 Å². The van der Waals surface area contributed by atoms with Crippen LogP contribution in [0.5, 0.6) is 0 Å². The molecule has 5 atom stereocenters. The lowest BCUT2D eigenvalue weighted by Gasteiger charge is -2.30. The van der Waals surface area contributed by atoms with E-state index >= 15 is 0 Å². The number of amides is 5. The number of aliphatic hydroxyl groups is 1. The zero-order chi connectivity index (χ0) is 32.9. The van der Waals surface area contributed by atoms with E-state index < -0.39 is 94.7 Å². The van der Waals surface area contributed by atoms with Crippen molar-refractivity contribution < 1.29 is 52.0 Å². The van der Waals surface area contributed by atoms with Crippen molar-refractivity contribution in [1.29, 1.82) is 0 Å². The number of aliphatic hydroxyl groups excluding tert-OH is 1. The summed E-state index contributed by atoms with van der Waals surface area (Å²) >= 11 is 0. The van der Waals surface area contributed by atoms with Crippen molar-refractivity contribution >= 4 is 64.0 Å². The van der Waals surface area contributed by atoms with Gasteiger partial charge in [0.1, 0.15) is 29.9 Å². The molecule has 1 fully saturated rings. The van der Waals surface area contributed by atoms with Crippen LogP contribution < -0.4 is 38.5 Å². The highest BCUT2D eigenvalue weighted by atomic mass is 35.5. The molecule has 0 aliphatic carbocycles. The summed E-state index contributed by atoms with van der Waals surface area (Å²) in [6.07, 6.45) is -0.790. The molecular formula is C22H40ClN9O11S. The standard InChI is InChI=1S/C22H39N9O11S.ClH/c1-11(32)17(20(37)31-7-3-5-14(31)21(38)39)30-19(36)13(10-43(40,41)42)29-16(34)9-27-18(35)12(28-15(33)8-23)4-2-6-26-22(24)25;/h11-14,17,32H,2-10,23H2,1H3,(H,27,35)(H,28,33)(H,29,34)(H,30,36)(H,38,39)(H4,24,25,26)(H,40,41,42);1H/t11-,12+,13+,14+,17+;/m1./s1. The quantitative estimate of drug-likeness (QED) is 0.0298. The van der Waals surface area contributed by atoms with Crippen LogP contribution in [0.25, 0.3) is 0 Å². The number of nitrogens with two attached hydrogens (primary N) is 3. The Balaban J connectivity index is 0.0000185. The molecule has 1 aliphatic rings. The van der Waals surface area contributed by atoms with Gasteiger partial charge in [0.05, 0.1) is 19.2 Å². The third-order valence-corrected chi connectivity index (χ3v) is 6.86. The summed E-state index contributed by atoms with van der Waals surface area (Å²) in [5.41, 5.74) is 15.7. The number of aliphatic imine (C=N–C) groups is 1. The van der Waals surface area contributed by atoms with E-state index in [0.29, 0.717) is 6.42 Å². The summed E-state index contributed by atoms with van der Waals surface area (Å²) < 4.78 is 32.4. The molecule has 0 aromatic rings. The van der Waals surface area contributed by atoms with Crippen molar-refractivity contribution in [2.45, 2.75) is 62.9 Å². The molecule has 13 N–H and O–H groups in total. The molecule has 44 heavy (non-hydrogen) atoms. The Kier molecular flexibility index (Phi) is 17.2. The number of carboxylic acid groups (broad SMARTS) is 1. The molecule has 0 unspecified atom stereocenters. The highest BCUT2D eigenvalue weighted by Gasteiger charge is 2.40. The molecule has 5 amide bonds. The molecule has 1 heterocycles. The molecule has 0 radical (unpaired) electrons. The van der Waals surface area contributed by atoms with Gasteiger partial charge in [-0.3, -0.25) is 33.5 Å². The fourth-order valence-corrected chi connectivity index (χ4v) is 4.72. The van der Waals surface area contributed by atoms with Crippen molar-refractivity contribution in [3.63, 3.8) is 0 Å². The van der Waals surface area contributed by atoms with Crippen LogP contribution in [0.2, 0.25) is 0 Å². The Hall–Kier alpha value is -3.79. The first-order chi connectivity index (χ1) is 20.0. The van der Waals surface area contributed by atoms with Gasteiger partial charge >= 0.3 is 5.97 Å². The number of likely N-dealkylation sites (tertiary alicyclic amines) is 1. The molecule has 0 aromatic carbocycles. The number of aliphatic carboxylic acids is 1. The highest BCUT2D eigenvalue weighted by Crippen LogP contribution is 2.19. The molecule has 0 spiro atoms. The van der Waals surface area contributed by atoms with E-state index in [1.807, 2.05) is 5.32 Å². The van der Waals surface area contributed by atoms with Gasteiger partial charge in [-0.05, 0) is 32.6 Å². The maximum Gasteiger partial charge on any atom is 0.326 e. The van der Waals surface area contributed by atoms with E-state index in [0.717, 1.165) is 11.8 Å². The summed E-state index contributed by atoms with van der Waals surface area (Å²) in [6, 6.07) is -6.09. The second-order valence-corrected chi connectivity index (χ2v) is 11.1. The monoisotopic (exact) mass is 673 g/mol.